The number of benzene rings is 1. The van der Waals surface area contributed by atoms with Crippen LogP contribution in [0.25, 0.3) is 11.1 Å². The number of carbonyl (C=O) groups is 2. The Morgan fingerprint density at radius 3 is 2.41 bits per heavy atom. The van der Waals surface area contributed by atoms with E-state index in [1.165, 1.54) is 11.1 Å². The maximum Gasteiger partial charge on any atom is 0.406 e. The largest absolute Gasteiger partial charge is 0.406 e. The number of anilines is 2. The zero-order valence-electron chi connectivity index (χ0n) is 18.9. The Morgan fingerprint density at radius 2 is 1.76 bits per heavy atom. The molecule has 3 aromatic rings. The fraction of sp³-hybridized carbons (Fsp3) is 0.304. The van der Waals surface area contributed by atoms with E-state index in [2.05, 4.69) is 19.9 Å². The minimum absolute atomic E-state index is 0.0420. The standard InChI is InChI=1S/C23H21F3N6O2/c1-13-28-8-15(9-29-13)14-5-6-16-18(7-14)32(21(34)22(16,2)3)19-11-27-10-17(30-19)20(33)31(4)12-23(24,25)26/h5-11H,12H2,1-4H3. The number of aryl methyl sites for hydroxylation is 1. The maximum absolute atomic E-state index is 13.4. The van der Waals surface area contributed by atoms with Crippen molar-refractivity contribution in [1.82, 2.24) is 24.8 Å². The smallest absolute Gasteiger partial charge is 0.331 e. The number of fused-ring (bicyclic) bond motifs is 1. The van der Waals surface area contributed by atoms with E-state index >= 15 is 0 Å². The molecule has 0 N–H and O–H groups in total. The van der Waals surface area contributed by atoms with Gasteiger partial charge in [-0.05, 0) is 38.0 Å². The average Bonchev–Trinajstić information content (AvgIpc) is 2.97. The van der Waals surface area contributed by atoms with E-state index in [0.717, 1.165) is 29.9 Å². The second-order valence-corrected chi connectivity index (χ2v) is 8.56. The highest BCUT2D eigenvalue weighted by atomic mass is 19.4. The van der Waals surface area contributed by atoms with E-state index in [1.54, 1.807) is 39.2 Å². The monoisotopic (exact) mass is 470 g/mol. The lowest BCUT2D eigenvalue weighted by Crippen LogP contribution is -2.37. The fourth-order valence-corrected chi connectivity index (χ4v) is 3.80. The highest BCUT2D eigenvalue weighted by Crippen LogP contribution is 2.46. The van der Waals surface area contributed by atoms with E-state index in [4.69, 9.17) is 0 Å². The molecule has 1 aliphatic heterocycles. The van der Waals surface area contributed by atoms with Gasteiger partial charge in [-0.2, -0.15) is 13.2 Å². The van der Waals surface area contributed by atoms with Gasteiger partial charge in [0, 0.05) is 25.0 Å². The van der Waals surface area contributed by atoms with Crippen molar-refractivity contribution in [2.24, 2.45) is 0 Å². The summed E-state index contributed by atoms with van der Waals surface area (Å²) in [5.74, 6) is -0.596. The first kappa shape index (κ1) is 23.3. The molecule has 1 aliphatic rings. The number of hydrogen-bond donors (Lipinski definition) is 0. The Balaban J connectivity index is 1.75. The van der Waals surface area contributed by atoms with Crippen molar-refractivity contribution >= 4 is 23.3 Å². The number of alkyl halides is 3. The summed E-state index contributed by atoms with van der Waals surface area (Å²) >= 11 is 0. The van der Waals surface area contributed by atoms with E-state index in [-0.39, 0.29) is 17.4 Å². The first-order valence-corrected chi connectivity index (χ1v) is 10.3. The van der Waals surface area contributed by atoms with Crippen LogP contribution in [0.15, 0.2) is 43.0 Å². The predicted molar refractivity (Wildman–Crippen MR) is 117 cm³/mol. The summed E-state index contributed by atoms with van der Waals surface area (Å²) < 4.78 is 38.2. The Kier molecular flexibility index (Phi) is 5.58. The summed E-state index contributed by atoms with van der Waals surface area (Å²) in [6, 6.07) is 5.49. The summed E-state index contributed by atoms with van der Waals surface area (Å²) in [5.41, 5.74) is 1.59. The zero-order chi connectivity index (χ0) is 24.8. The number of carbonyl (C=O) groups excluding carboxylic acids is 2. The van der Waals surface area contributed by atoms with Crippen molar-refractivity contribution in [2.45, 2.75) is 32.4 Å². The number of hydrogen-bond acceptors (Lipinski definition) is 6. The molecule has 176 valence electrons. The van der Waals surface area contributed by atoms with Crippen LogP contribution in [0.4, 0.5) is 24.7 Å². The van der Waals surface area contributed by atoms with Gasteiger partial charge in [0.25, 0.3) is 5.91 Å². The van der Waals surface area contributed by atoms with Crippen LogP contribution < -0.4 is 4.90 Å². The van der Waals surface area contributed by atoms with Crippen molar-refractivity contribution in [3.8, 4) is 11.1 Å². The molecule has 34 heavy (non-hydrogen) atoms. The highest BCUT2D eigenvalue weighted by molar-refractivity contribution is 6.12. The highest BCUT2D eigenvalue weighted by Gasteiger charge is 2.45. The van der Waals surface area contributed by atoms with E-state index in [9.17, 15) is 22.8 Å². The van der Waals surface area contributed by atoms with Gasteiger partial charge in [-0.15, -0.1) is 0 Å². The van der Waals surface area contributed by atoms with Crippen LogP contribution in [0.2, 0.25) is 0 Å². The second kappa shape index (κ2) is 8.15. The SMILES string of the molecule is Cc1ncc(-c2ccc3c(c2)N(c2cncc(C(=O)N(C)CC(F)(F)F)n2)C(=O)C3(C)C)cn1. The lowest BCUT2D eigenvalue weighted by atomic mass is 9.85. The lowest BCUT2D eigenvalue weighted by Gasteiger charge is -2.21. The molecular weight excluding hydrogens is 449 g/mol. The molecule has 0 saturated heterocycles. The van der Waals surface area contributed by atoms with Gasteiger partial charge in [0.1, 0.15) is 18.1 Å². The molecule has 2 aromatic heterocycles. The first-order valence-electron chi connectivity index (χ1n) is 10.3. The van der Waals surface area contributed by atoms with E-state index in [1.807, 2.05) is 12.1 Å². The van der Waals surface area contributed by atoms with Gasteiger partial charge in [0.05, 0.1) is 23.5 Å². The van der Waals surface area contributed by atoms with E-state index in [0.29, 0.717) is 16.4 Å². The van der Waals surface area contributed by atoms with Gasteiger partial charge in [-0.3, -0.25) is 19.5 Å². The quantitative estimate of drug-likeness (QED) is 0.576. The van der Waals surface area contributed by atoms with Crippen LogP contribution >= 0.6 is 0 Å². The number of rotatable bonds is 4. The number of aromatic nitrogens is 4. The Hall–Kier alpha value is -3.89. The predicted octanol–water partition coefficient (Wildman–Crippen LogP) is 3.83. The van der Waals surface area contributed by atoms with Gasteiger partial charge >= 0.3 is 6.18 Å². The van der Waals surface area contributed by atoms with Crippen LogP contribution in [0.3, 0.4) is 0 Å². The van der Waals surface area contributed by atoms with Gasteiger partial charge in [0.2, 0.25) is 5.91 Å². The molecule has 0 unspecified atom stereocenters. The third-order valence-corrected chi connectivity index (χ3v) is 5.60. The molecule has 0 fully saturated rings. The number of nitrogens with zero attached hydrogens (tertiary/aromatic N) is 6. The molecule has 0 spiro atoms. The van der Waals surface area contributed by atoms with Crippen molar-refractivity contribution in [3.63, 3.8) is 0 Å². The maximum atomic E-state index is 13.4. The summed E-state index contributed by atoms with van der Waals surface area (Å²) in [4.78, 5) is 44.3. The van der Waals surface area contributed by atoms with Crippen molar-refractivity contribution in [2.75, 3.05) is 18.5 Å². The molecule has 3 heterocycles. The lowest BCUT2D eigenvalue weighted by molar-refractivity contribution is -0.138. The third-order valence-electron chi connectivity index (χ3n) is 5.60. The summed E-state index contributed by atoms with van der Waals surface area (Å²) in [6.07, 6.45) is 1.16. The molecular formula is C23H21F3N6O2. The van der Waals surface area contributed by atoms with Gasteiger partial charge in [0.15, 0.2) is 5.82 Å². The fourth-order valence-electron chi connectivity index (χ4n) is 3.80. The molecule has 0 radical (unpaired) electrons. The van der Waals surface area contributed by atoms with Crippen LogP contribution in [-0.2, 0) is 10.2 Å². The van der Waals surface area contributed by atoms with Crippen molar-refractivity contribution in [1.29, 1.82) is 0 Å². The second-order valence-electron chi connectivity index (χ2n) is 8.56. The van der Waals surface area contributed by atoms with Crippen LogP contribution in [0, 0.1) is 6.92 Å². The Labute approximate surface area is 193 Å². The average molecular weight is 470 g/mol. The Bertz CT molecular complexity index is 1270. The van der Waals surface area contributed by atoms with Crippen LogP contribution in [0.5, 0.6) is 0 Å². The van der Waals surface area contributed by atoms with Gasteiger partial charge < -0.3 is 4.90 Å². The Morgan fingerprint density at radius 1 is 1.09 bits per heavy atom. The molecule has 11 heteroatoms. The van der Waals surface area contributed by atoms with E-state index < -0.39 is 24.0 Å². The third kappa shape index (κ3) is 4.20. The van der Waals surface area contributed by atoms with Crippen molar-refractivity contribution < 1.29 is 22.8 Å². The number of halogens is 3. The minimum atomic E-state index is -4.56. The van der Waals surface area contributed by atoms with Crippen LogP contribution in [0.1, 0.15) is 35.7 Å². The van der Waals surface area contributed by atoms with Crippen molar-refractivity contribution in [3.05, 3.63) is 60.1 Å². The first-order chi connectivity index (χ1) is 15.9. The van der Waals surface area contributed by atoms with Gasteiger partial charge in [-0.1, -0.05) is 12.1 Å². The zero-order valence-corrected chi connectivity index (χ0v) is 18.9. The minimum Gasteiger partial charge on any atom is -0.331 e. The molecule has 2 amide bonds. The summed E-state index contributed by atoms with van der Waals surface area (Å²) in [5, 5.41) is 0. The number of amides is 2. The normalized spacial score (nSPS) is 14.8. The molecule has 8 nitrogen and oxygen atoms in total. The topological polar surface area (TPSA) is 92.2 Å². The molecule has 0 bridgehead atoms. The summed E-state index contributed by atoms with van der Waals surface area (Å²) in [7, 11) is 1.03. The summed E-state index contributed by atoms with van der Waals surface area (Å²) in [6.45, 7) is 3.87. The molecule has 0 aliphatic carbocycles. The molecule has 0 saturated carbocycles. The molecule has 0 atom stereocenters. The molecule has 1 aromatic carbocycles. The van der Waals surface area contributed by atoms with Gasteiger partial charge in [-0.25, -0.2) is 15.0 Å². The van der Waals surface area contributed by atoms with Crippen LogP contribution in [-0.4, -0.2) is 56.4 Å². The molecule has 4 rings (SSSR count).